The summed E-state index contributed by atoms with van der Waals surface area (Å²) in [6.07, 6.45) is 0. The van der Waals surface area contributed by atoms with E-state index in [9.17, 15) is 9.59 Å². The smallest absolute Gasteiger partial charge is 0.316 e. The van der Waals surface area contributed by atoms with E-state index in [1.165, 1.54) is 11.8 Å². The van der Waals surface area contributed by atoms with E-state index in [2.05, 4.69) is 13.8 Å². The molecule has 0 aliphatic carbocycles. The Morgan fingerprint density at radius 1 is 1.25 bits per heavy atom. The van der Waals surface area contributed by atoms with E-state index in [-0.39, 0.29) is 5.91 Å². The van der Waals surface area contributed by atoms with Gasteiger partial charge < -0.3 is 10.0 Å². The predicted molar refractivity (Wildman–Crippen MR) is 81.2 cm³/mol. The van der Waals surface area contributed by atoms with Crippen molar-refractivity contribution >= 4 is 23.6 Å². The molecular formula is C15H21NO3S. The molecule has 0 spiro atoms. The normalized spacial score (nSPS) is 12.2. The van der Waals surface area contributed by atoms with Gasteiger partial charge in [-0.2, -0.15) is 0 Å². The quantitative estimate of drug-likeness (QED) is 0.820. The van der Waals surface area contributed by atoms with Crippen LogP contribution >= 0.6 is 11.8 Å². The Morgan fingerprint density at radius 3 is 2.40 bits per heavy atom. The molecule has 1 unspecified atom stereocenters. The van der Waals surface area contributed by atoms with Gasteiger partial charge in [0, 0.05) is 18.5 Å². The summed E-state index contributed by atoms with van der Waals surface area (Å²) in [5.41, 5.74) is 0.564. The Hall–Kier alpha value is -1.49. The first kappa shape index (κ1) is 16.6. The van der Waals surface area contributed by atoms with Gasteiger partial charge in [-0.1, -0.05) is 26.0 Å². The van der Waals surface area contributed by atoms with Gasteiger partial charge in [0.05, 0.1) is 5.56 Å². The first-order valence-corrected chi connectivity index (χ1v) is 7.44. The Kier molecular flexibility index (Phi) is 6.07. The van der Waals surface area contributed by atoms with Crippen LogP contribution in [-0.4, -0.2) is 40.7 Å². The van der Waals surface area contributed by atoms with Crippen molar-refractivity contribution in [2.75, 3.05) is 13.6 Å². The van der Waals surface area contributed by atoms with E-state index in [4.69, 9.17) is 5.11 Å². The zero-order chi connectivity index (χ0) is 15.3. The van der Waals surface area contributed by atoms with Gasteiger partial charge in [0.1, 0.15) is 5.25 Å². The third kappa shape index (κ3) is 4.56. The molecule has 0 heterocycles. The molecule has 0 saturated heterocycles. The van der Waals surface area contributed by atoms with Crippen molar-refractivity contribution < 1.29 is 14.7 Å². The molecule has 1 aromatic rings. The molecule has 110 valence electrons. The first-order valence-electron chi connectivity index (χ1n) is 6.57. The van der Waals surface area contributed by atoms with Gasteiger partial charge in [-0.3, -0.25) is 9.59 Å². The highest BCUT2D eigenvalue weighted by Gasteiger charge is 2.20. The van der Waals surface area contributed by atoms with Gasteiger partial charge in [-0.05, 0) is 25.0 Å². The van der Waals surface area contributed by atoms with Crippen LogP contribution in [0.25, 0.3) is 0 Å². The summed E-state index contributed by atoms with van der Waals surface area (Å²) in [5, 5.41) is 8.40. The maximum atomic E-state index is 12.4. The molecule has 4 nitrogen and oxygen atoms in total. The van der Waals surface area contributed by atoms with Gasteiger partial charge in [-0.15, -0.1) is 11.8 Å². The number of rotatable bonds is 6. The van der Waals surface area contributed by atoms with Crippen LogP contribution in [0.2, 0.25) is 0 Å². The number of thioether (sulfide) groups is 1. The van der Waals surface area contributed by atoms with Crippen molar-refractivity contribution in [3.63, 3.8) is 0 Å². The molecule has 1 aromatic carbocycles. The fourth-order valence-corrected chi connectivity index (χ4v) is 2.74. The van der Waals surface area contributed by atoms with Crippen LogP contribution in [-0.2, 0) is 4.79 Å². The summed E-state index contributed by atoms with van der Waals surface area (Å²) in [6.45, 7) is 6.40. The minimum atomic E-state index is -0.882. The summed E-state index contributed by atoms with van der Waals surface area (Å²) in [4.78, 5) is 25.8. The molecule has 1 atom stereocenters. The van der Waals surface area contributed by atoms with E-state index in [0.717, 1.165) is 0 Å². The number of benzene rings is 1. The van der Waals surface area contributed by atoms with Crippen LogP contribution in [0.3, 0.4) is 0 Å². The van der Waals surface area contributed by atoms with Crippen molar-refractivity contribution in [3.05, 3.63) is 29.8 Å². The molecule has 1 amide bonds. The highest BCUT2D eigenvalue weighted by Crippen LogP contribution is 2.27. The molecule has 0 bridgehead atoms. The van der Waals surface area contributed by atoms with E-state index >= 15 is 0 Å². The van der Waals surface area contributed by atoms with Crippen molar-refractivity contribution in [2.24, 2.45) is 5.92 Å². The van der Waals surface area contributed by atoms with Crippen LogP contribution in [0, 0.1) is 5.92 Å². The molecular weight excluding hydrogens is 274 g/mol. The molecule has 1 rings (SSSR count). The number of carboxylic acids is 1. The average molecular weight is 295 g/mol. The molecule has 0 aliphatic rings. The molecule has 5 heteroatoms. The van der Waals surface area contributed by atoms with Crippen molar-refractivity contribution in [3.8, 4) is 0 Å². The molecule has 20 heavy (non-hydrogen) atoms. The maximum absolute atomic E-state index is 12.4. The molecule has 1 N–H and O–H groups in total. The van der Waals surface area contributed by atoms with Gasteiger partial charge in [0.15, 0.2) is 0 Å². The summed E-state index contributed by atoms with van der Waals surface area (Å²) in [7, 11) is 1.77. The Morgan fingerprint density at radius 2 is 1.85 bits per heavy atom. The second kappa shape index (κ2) is 7.33. The lowest BCUT2D eigenvalue weighted by Gasteiger charge is -2.21. The number of carbonyl (C=O) groups excluding carboxylic acids is 1. The number of hydrogen-bond donors (Lipinski definition) is 1. The largest absolute Gasteiger partial charge is 0.480 e. The fraction of sp³-hybridized carbons (Fsp3) is 0.467. The first-order chi connectivity index (χ1) is 9.32. The number of nitrogens with zero attached hydrogens (tertiary/aromatic N) is 1. The Balaban J connectivity index is 2.95. The average Bonchev–Trinajstić information content (AvgIpc) is 2.37. The van der Waals surface area contributed by atoms with Crippen molar-refractivity contribution in [1.29, 1.82) is 0 Å². The van der Waals surface area contributed by atoms with Gasteiger partial charge in [-0.25, -0.2) is 0 Å². The molecule has 0 aromatic heterocycles. The van der Waals surface area contributed by atoms with E-state index in [0.29, 0.717) is 22.9 Å². The minimum Gasteiger partial charge on any atom is -0.480 e. The Bertz CT molecular complexity index is 488. The monoisotopic (exact) mass is 295 g/mol. The maximum Gasteiger partial charge on any atom is 0.316 e. The van der Waals surface area contributed by atoms with Crippen LogP contribution in [0.5, 0.6) is 0 Å². The number of carboxylic acid groups (broad SMARTS) is 1. The third-order valence-electron chi connectivity index (χ3n) is 2.75. The molecule has 0 aliphatic heterocycles. The molecule has 0 fully saturated rings. The van der Waals surface area contributed by atoms with Crippen LogP contribution in [0.1, 0.15) is 31.1 Å². The summed E-state index contributed by atoms with van der Waals surface area (Å²) in [6, 6.07) is 7.15. The van der Waals surface area contributed by atoms with E-state index in [1.54, 1.807) is 37.1 Å². The van der Waals surface area contributed by atoms with E-state index < -0.39 is 11.2 Å². The number of aliphatic carboxylic acids is 1. The van der Waals surface area contributed by atoms with Crippen LogP contribution in [0.15, 0.2) is 29.2 Å². The van der Waals surface area contributed by atoms with Crippen LogP contribution < -0.4 is 0 Å². The standard InChI is InChI=1S/C15H21NO3S/c1-10(2)9-16(4)14(17)12-7-5-6-8-13(12)20-11(3)15(18)19/h5-8,10-11H,9H2,1-4H3,(H,18,19). The summed E-state index contributed by atoms with van der Waals surface area (Å²) < 4.78 is 0. The summed E-state index contributed by atoms with van der Waals surface area (Å²) in [5.74, 6) is -0.561. The molecule has 0 saturated carbocycles. The van der Waals surface area contributed by atoms with Gasteiger partial charge in [0.2, 0.25) is 0 Å². The highest BCUT2D eigenvalue weighted by atomic mass is 32.2. The lowest BCUT2D eigenvalue weighted by Crippen LogP contribution is -2.30. The minimum absolute atomic E-state index is 0.0700. The van der Waals surface area contributed by atoms with Crippen molar-refractivity contribution in [2.45, 2.75) is 30.9 Å². The van der Waals surface area contributed by atoms with Crippen molar-refractivity contribution in [1.82, 2.24) is 4.90 Å². The Labute approximate surface area is 124 Å². The van der Waals surface area contributed by atoms with E-state index in [1.807, 2.05) is 6.07 Å². The third-order valence-corrected chi connectivity index (χ3v) is 3.92. The summed E-state index contributed by atoms with van der Waals surface area (Å²) >= 11 is 1.20. The number of hydrogen-bond acceptors (Lipinski definition) is 3. The van der Waals surface area contributed by atoms with Gasteiger partial charge >= 0.3 is 5.97 Å². The topological polar surface area (TPSA) is 57.6 Å². The molecule has 0 radical (unpaired) electrons. The number of carbonyl (C=O) groups is 2. The SMILES string of the molecule is CC(C)CN(C)C(=O)c1ccccc1SC(C)C(=O)O. The lowest BCUT2D eigenvalue weighted by molar-refractivity contribution is -0.136. The zero-order valence-electron chi connectivity index (χ0n) is 12.3. The highest BCUT2D eigenvalue weighted by molar-refractivity contribution is 8.00. The van der Waals surface area contributed by atoms with Crippen LogP contribution in [0.4, 0.5) is 0 Å². The number of amides is 1. The second-order valence-corrected chi connectivity index (χ2v) is 6.56. The van der Waals surface area contributed by atoms with Gasteiger partial charge in [0.25, 0.3) is 5.91 Å². The zero-order valence-corrected chi connectivity index (χ0v) is 13.1. The predicted octanol–water partition coefficient (Wildman–Crippen LogP) is 2.98. The lowest BCUT2D eigenvalue weighted by atomic mass is 10.1. The fourth-order valence-electron chi connectivity index (χ4n) is 1.82. The second-order valence-electron chi connectivity index (χ2n) is 5.17.